The van der Waals surface area contributed by atoms with Gasteiger partial charge in [0.05, 0.1) is 18.8 Å². The van der Waals surface area contributed by atoms with Crippen LogP contribution in [-0.2, 0) is 18.8 Å². The van der Waals surface area contributed by atoms with Crippen LogP contribution in [0.4, 0.5) is 5.69 Å². The second kappa shape index (κ2) is 8.58. The summed E-state index contributed by atoms with van der Waals surface area (Å²) in [5, 5.41) is 17.9. The molecule has 0 spiro atoms. The van der Waals surface area contributed by atoms with Crippen molar-refractivity contribution in [3.05, 3.63) is 46.3 Å². The maximum Gasteiger partial charge on any atom is 0.0646 e. The Kier molecular flexibility index (Phi) is 6.75. The van der Waals surface area contributed by atoms with E-state index in [0.717, 1.165) is 23.7 Å². The third-order valence-corrected chi connectivity index (χ3v) is 5.46. The number of anilines is 1. The average molecular weight is 348 g/mol. The molecular formula is C19H29N3OS. The molecule has 0 amide bonds. The summed E-state index contributed by atoms with van der Waals surface area (Å²) in [6, 6.07) is 6.48. The van der Waals surface area contributed by atoms with Gasteiger partial charge in [-0.1, -0.05) is 26.0 Å². The Labute approximate surface area is 149 Å². The van der Waals surface area contributed by atoms with E-state index in [4.69, 9.17) is 5.11 Å². The Morgan fingerprint density at radius 3 is 2.67 bits per heavy atom. The first kappa shape index (κ1) is 18.9. The molecule has 24 heavy (non-hydrogen) atoms. The van der Waals surface area contributed by atoms with Crippen molar-refractivity contribution in [2.24, 2.45) is 0 Å². The van der Waals surface area contributed by atoms with Crippen LogP contribution in [0, 0.1) is 20.8 Å². The van der Waals surface area contributed by atoms with E-state index in [-0.39, 0.29) is 6.61 Å². The van der Waals surface area contributed by atoms with Crippen molar-refractivity contribution >= 4 is 17.4 Å². The SMILES string of the molecule is Cc1nn(CCO)c(C)c1CNc1cccc(CSC(C)C)c1C. The predicted molar refractivity (Wildman–Crippen MR) is 104 cm³/mol. The molecule has 0 aliphatic carbocycles. The molecular weight excluding hydrogens is 318 g/mol. The molecule has 1 aromatic carbocycles. The lowest BCUT2D eigenvalue weighted by atomic mass is 10.1. The fourth-order valence-electron chi connectivity index (χ4n) is 2.77. The lowest BCUT2D eigenvalue weighted by molar-refractivity contribution is 0.268. The van der Waals surface area contributed by atoms with Gasteiger partial charge in [0.2, 0.25) is 0 Å². The highest BCUT2D eigenvalue weighted by Crippen LogP contribution is 2.25. The Hall–Kier alpha value is -1.46. The van der Waals surface area contributed by atoms with Crippen LogP contribution in [-0.4, -0.2) is 26.7 Å². The van der Waals surface area contributed by atoms with Crippen LogP contribution in [0.1, 0.15) is 41.9 Å². The monoisotopic (exact) mass is 347 g/mol. The van der Waals surface area contributed by atoms with Crippen molar-refractivity contribution in [1.82, 2.24) is 9.78 Å². The zero-order chi connectivity index (χ0) is 17.7. The number of nitrogens with one attached hydrogen (secondary N) is 1. The topological polar surface area (TPSA) is 50.1 Å². The Morgan fingerprint density at radius 1 is 1.25 bits per heavy atom. The van der Waals surface area contributed by atoms with E-state index >= 15 is 0 Å². The summed E-state index contributed by atoms with van der Waals surface area (Å²) in [7, 11) is 0. The predicted octanol–water partition coefficient (Wildman–Crippen LogP) is 4.05. The van der Waals surface area contributed by atoms with Crippen molar-refractivity contribution in [3.63, 3.8) is 0 Å². The third kappa shape index (κ3) is 4.54. The number of hydrogen-bond acceptors (Lipinski definition) is 4. The molecule has 1 aromatic heterocycles. The highest BCUT2D eigenvalue weighted by molar-refractivity contribution is 7.99. The molecule has 0 atom stereocenters. The zero-order valence-corrected chi connectivity index (χ0v) is 16.2. The molecule has 0 saturated heterocycles. The Balaban J connectivity index is 2.11. The van der Waals surface area contributed by atoms with E-state index < -0.39 is 0 Å². The van der Waals surface area contributed by atoms with Crippen LogP contribution < -0.4 is 5.32 Å². The Morgan fingerprint density at radius 2 is 2.00 bits per heavy atom. The van der Waals surface area contributed by atoms with E-state index in [1.165, 1.54) is 22.4 Å². The normalized spacial score (nSPS) is 11.3. The van der Waals surface area contributed by atoms with Crippen LogP contribution in [0.2, 0.25) is 0 Å². The van der Waals surface area contributed by atoms with Crippen LogP contribution in [0.5, 0.6) is 0 Å². The number of aryl methyl sites for hydroxylation is 1. The van der Waals surface area contributed by atoms with E-state index in [2.05, 4.69) is 56.3 Å². The van der Waals surface area contributed by atoms with Crippen molar-refractivity contribution in [2.45, 2.75) is 58.7 Å². The maximum atomic E-state index is 9.13. The lowest BCUT2D eigenvalue weighted by Gasteiger charge is -2.14. The summed E-state index contributed by atoms with van der Waals surface area (Å²) in [5.74, 6) is 1.05. The molecule has 4 nitrogen and oxygen atoms in total. The number of aromatic nitrogens is 2. The number of thioether (sulfide) groups is 1. The molecule has 5 heteroatoms. The van der Waals surface area contributed by atoms with Crippen LogP contribution >= 0.6 is 11.8 Å². The van der Waals surface area contributed by atoms with E-state index in [0.29, 0.717) is 11.8 Å². The number of aliphatic hydroxyl groups excluding tert-OH is 1. The minimum absolute atomic E-state index is 0.115. The molecule has 2 rings (SSSR count). The second-order valence-corrected chi connectivity index (χ2v) is 7.96. The molecule has 0 aliphatic rings. The molecule has 132 valence electrons. The van der Waals surface area contributed by atoms with Gasteiger partial charge in [0, 0.05) is 29.2 Å². The zero-order valence-electron chi connectivity index (χ0n) is 15.4. The fourth-order valence-corrected chi connectivity index (χ4v) is 3.60. The average Bonchev–Trinajstić information content (AvgIpc) is 2.80. The van der Waals surface area contributed by atoms with Gasteiger partial charge < -0.3 is 10.4 Å². The van der Waals surface area contributed by atoms with Gasteiger partial charge in [-0.25, -0.2) is 0 Å². The summed E-state index contributed by atoms with van der Waals surface area (Å²) in [6.45, 7) is 12.2. The lowest BCUT2D eigenvalue weighted by Crippen LogP contribution is -2.07. The molecule has 0 fully saturated rings. The quantitative estimate of drug-likeness (QED) is 0.756. The van der Waals surface area contributed by atoms with E-state index in [9.17, 15) is 0 Å². The Bertz CT molecular complexity index is 679. The summed E-state index contributed by atoms with van der Waals surface area (Å²) in [4.78, 5) is 0. The standard InChI is InChI=1S/C19H29N3OS/c1-13(2)24-12-17-7-6-8-19(14(17)3)20-11-18-15(4)21-22(9-10-23)16(18)5/h6-8,13,20,23H,9-12H2,1-5H3. The van der Waals surface area contributed by atoms with Gasteiger partial charge in [-0.3, -0.25) is 4.68 Å². The molecule has 0 bridgehead atoms. The number of rotatable bonds is 8. The number of hydrogen-bond donors (Lipinski definition) is 2. The summed E-state index contributed by atoms with van der Waals surface area (Å²) < 4.78 is 1.88. The molecule has 0 unspecified atom stereocenters. The van der Waals surface area contributed by atoms with Crippen LogP contribution in [0.25, 0.3) is 0 Å². The maximum absolute atomic E-state index is 9.13. The first-order valence-electron chi connectivity index (χ1n) is 8.51. The smallest absolute Gasteiger partial charge is 0.0646 e. The van der Waals surface area contributed by atoms with E-state index in [1.807, 2.05) is 23.4 Å². The largest absolute Gasteiger partial charge is 0.394 e. The van der Waals surface area contributed by atoms with Gasteiger partial charge in [0.1, 0.15) is 0 Å². The first-order chi connectivity index (χ1) is 11.4. The van der Waals surface area contributed by atoms with Gasteiger partial charge in [0.25, 0.3) is 0 Å². The van der Waals surface area contributed by atoms with Gasteiger partial charge in [0.15, 0.2) is 0 Å². The molecule has 0 aliphatic heterocycles. The van der Waals surface area contributed by atoms with Crippen molar-refractivity contribution in [3.8, 4) is 0 Å². The van der Waals surface area contributed by atoms with Crippen LogP contribution in [0.15, 0.2) is 18.2 Å². The molecule has 2 aromatic rings. The van der Waals surface area contributed by atoms with Gasteiger partial charge in [-0.05, 0) is 43.2 Å². The van der Waals surface area contributed by atoms with Crippen LogP contribution in [0.3, 0.4) is 0 Å². The minimum Gasteiger partial charge on any atom is -0.394 e. The van der Waals surface area contributed by atoms with Gasteiger partial charge >= 0.3 is 0 Å². The molecule has 0 radical (unpaired) electrons. The fraction of sp³-hybridized carbons (Fsp3) is 0.526. The third-order valence-electron chi connectivity index (χ3n) is 4.32. The molecule has 1 heterocycles. The van der Waals surface area contributed by atoms with Gasteiger partial charge in [-0.15, -0.1) is 0 Å². The van der Waals surface area contributed by atoms with Gasteiger partial charge in [-0.2, -0.15) is 16.9 Å². The van der Waals surface area contributed by atoms with Crippen molar-refractivity contribution in [2.75, 3.05) is 11.9 Å². The summed E-state index contributed by atoms with van der Waals surface area (Å²) in [6.07, 6.45) is 0. The second-order valence-electron chi connectivity index (χ2n) is 6.40. The molecule has 2 N–H and O–H groups in total. The van der Waals surface area contributed by atoms with Crippen molar-refractivity contribution < 1.29 is 5.11 Å². The number of aliphatic hydroxyl groups is 1. The number of benzene rings is 1. The van der Waals surface area contributed by atoms with Crippen molar-refractivity contribution in [1.29, 1.82) is 0 Å². The summed E-state index contributed by atoms with van der Waals surface area (Å²) >= 11 is 1.97. The van der Waals surface area contributed by atoms with E-state index in [1.54, 1.807) is 0 Å². The highest BCUT2D eigenvalue weighted by atomic mass is 32.2. The highest BCUT2D eigenvalue weighted by Gasteiger charge is 2.12. The minimum atomic E-state index is 0.115. The first-order valence-corrected chi connectivity index (χ1v) is 9.56. The number of nitrogens with zero attached hydrogens (tertiary/aromatic N) is 2. The summed E-state index contributed by atoms with van der Waals surface area (Å²) in [5.41, 5.74) is 7.26. The molecule has 0 saturated carbocycles.